The van der Waals surface area contributed by atoms with Crippen molar-refractivity contribution in [3.8, 4) is 17.3 Å². The van der Waals surface area contributed by atoms with Gasteiger partial charge in [0.05, 0.1) is 24.2 Å². The predicted molar refractivity (Wildman–Crippen MR) is 105 cm³/mol. The van der Waals surface area contributed by atoms with Gasteiger partial charge < -0.3 is 4.98 Å². The van der Waals surface area contributed by atoms with Crippen molar-refractivity contribution in [2.75, 3.05) is 0 Å². The average molecular weight is 380 g/mol. The summed E-state index contributed by atoms with van der Waals surface area (Å²) in [6.45, 7) is 1.97. The van der Waals surface area contributed by atoms with Crippen LogP contribution >= 0.6 is 0 Å². The molecule has 6 nitrogen and oxygen atoms in total. The molecule has 0 aromatic carbocycles. The van der Waals surface area contributed by atoms with Gasteiger partial charge in [-0.1, -0.05) is 26.2 Å². The predicted octanol–water partition coefficient (Wildman–Crippen LogP) is 5.28. The summed E-state index contributed by atoms with van der Waals surface area (Å²) in [5, 5.41) is 14.9. The lowest BCUT2D eigenvalue weighted by Gasteiger charge is -2.21. The largest absolute Gasteiger partial charge is 0.346 e. The van der Waals surface area contributed by atoms with E-state index in [4.69, 9.17) is 0 Å². The van der Waals surface area contributed by atoms with E-state index in [1.54, 1.807) is 0 Å². The van der Waals surface area contributed by atoms with Crippen LogP contribution in [0.1, 0.15) is 69.8 Å². The second-order valence-corrected chi connectivity index (χ2v) is 7.60. The zero-order valence-electron chi connectivity index (χ0n) is 16.1. The molecule has 1 aliphatic rings. The van der Waals surface area contributed by atoms with Crippen LogP contribution in [0.15, 0.2) is 24.8 Å². The first-order chi connectivity index (χ1) is 13.7. The molecule has 0 saturated heterocycles. The Balaban J connectivity index is 1.82. The molecule has 1 fully saturated rings. The minimum absolute atomic E-state index is 0.0163. The summed E-state index contributed by atoms with van der Waals surface area (Å²) in [4.78, 5) is 11.8. The number of hydrogen-bond acceptors (Lipinski definition) is 4. The van der Waals surface area contributed by atoms with Crippen molar-refractivity contribution in [3.63, 3.8) is 0 Å². The van der Waals surface area contributed by atoms with Crippen LogP contribution in [0, 0.1) is 17.2 Å². The van der Waals surface area contributed by atoms with Crippen LogP contribution in [0.4, 0.5) is 4.39 Å². The average Bonchev–Trinajstić information content (AvgIpc) is 3.46. The molecule has 0 radical (unpaired) electrons. The zero-order valence-corrected chi connectivity index (χ0v) is 16.1. The van der Waals surface area contributed by atoms with E-state index in [0.717, 1.165) is 30.3 Å². The van der Waals surface area contributed by atoms with Crippen molar-refractivity contribution in [1.29, 1.82) is 5.26 Å². The Morgan fingerprint density at radius 2 is 2.18 bits per heavy atom. The van der Waals surface area contributed by atoms with Crippen LogP contribution in [0.2, 0.25) is 0 Å². The number of fused-ring (bicyclic) bond motifs is 1. The van der Waals surface area contributed by atoms with Crippen LogP contribution < -0.4 is 0 Å². The van der Waals surface area contributed by atoms with Crippen molar-refractivity contribution >= 4 is 11.0 Å². The fourth-order valence-electron chi connectivity index (χ4n) is 4.38. The number of nitriles is 1. The number of nitrogens with zero attached hydrogens (tertiary/aromatic N) is 5. The molecular weight excluding hydrogens is 355 g/mol. The van der Waals surface area contributed by atoms with Gasteiger partial charge in [0.2, 0.25) is 0 Å². The highest BCUT2D eigenvalue weighted by Crippen LogP contribution is 2.39. The Labute approximate surface area is 163 Å². The molecule has 146 valence electrons. The van der Waals surface area contributed by atoms with E-state index in [1.165, 1.54) is 19.2 Å². The smallest absolute Gasteiger partial charge is 0.144 e. The molecule has 1 N–H and O–H groups in total. The van der Waals surface area contributed by atoms with Crippen molar-refractivity contribution in [2.45, 2.75) is 64.1 Å². The number of H-pyrrole nitrogens is 1. The fourth-order valence-corrected chi connectivity index (χ4v) is 4.38. The topological polar surface area (TPSA) is 83.2 Å². The van der Waals surface area contributed by atoms with Gasteiger partial charge in [-0.05, 0) is 31.2 Å². The molecule has 0 amide bonds. The number of nitrogens with one attached hydrogen (secondary N) is 1. The molecule has 2 atom stereocenters. The van der Waals surface area contributed by atoms with Gasteiger partial charge in [-0.2, -0.15) is 10.4 Å². The van der Waals surface area contributed by atoms with Gasteiger partial charge in [0.1, 0.15) is 23.8 Å². The van der Waals surface area contributed by atoms with E-state index < -0.39 is 6.17 Å². The lowest BCUT2D eigenvalue weighted by atomic mass is 9.96. The SMILES string of the molecule is CCCC(F)c1nn(C(CC#N)C2CCCC2)cc1-c1ncnc2[nH]ccc12. The minimum atomic E-state index is -1.16. The molecule has 3 aromatic heterocycles. The summed E-state index contributed by atoms with van der Waals surface area (Å²) in [5.41, 5.74) is 2.53. The normalized spacial score (nSPS) is 17.0. The fraction of sp³-hybridized carbons (Fsp3) is 0.524. The standard InChI is InChI=1S/C21H25FN6/c1-2-5-17(22)20-16(19-15-9-11-24-21(15)26-13-25-19)12-28(27-20)18(8-10-23)14-6-3-4-7-14/h9,11-14,17-18H,2-8H2,1H3,(H,24,25,26). The Hall–Kier alpha value is -2.75. The maximum Gasteiger partial charge on any atom is 0.144 e. The third-order valence-corrected chi connectivity index (χ3v) is 5.79. The Bertz CT molecular complexity index is 978. The molecule has 2 unspecified atom stereocenters. The van der Waals surface area contributed by atoms with Crippen LogP contribution in [-0.2, 0) is 0 Å². The molecule has 7 heteroatoms. The van der Waals surface area contributed by atoms with Crippen LogP contribution in [0.25, 0.3) is 22.3 Å². The molecule has 28 heavy (non-hydrogen) atoms. The summed E-state index contributed by atoms with van der Waals surface area (Å²) in [6.07, 6.45) is 10.1. The molecule has 0 aliphatic heterocycles. The molecular formula is C21H25FN6. The van der Waals surface area contributed by atoms with Gasteiger partial charge in [-0.15, -0.1) is 0 Å². The van der Waals surface area contributed by atoms with Gasteiger partial charge in [-0.25, -0.2) is 14.4 Å². The lowest BCUT2D eigenvalue weighted by Crippen LogP contribution is -2.18. The number of alkyl halides is 1. The Kier molecular flexibility index (Phi) is 5.38. The van der Waals surface area contributed by atoms with E-state index in [0.29, 0.717) is 35.7 Å². The zero-order chi connectivity index (χ0) is 19.5. The number of hydrogen-bond donors (Lipinski definition) is 1. The van der Waals surface area contributed by atoms with Gasteiger partial charge >= 0.3 is 0 Å². The van der Waals surface area contributed by atoms with Crippen LogP contribution in [-0.4, -0.2) is 24.7 Å². The van der Waals surface area contributed by atoms with E-state index in [9.17, 15) is 5.26 Å². The third-order valence-electron chi connectivity index (χ3n) is 5.79. The summed E-state index contributed by atoms with van der Waals surface area (Å²) in [6, 6.07) is 4.20. The number of aromatic amines is 1. The second kappa shape index (κ2) is 8.09. The second-order valence-electron chi connectivity index (χ2n) is 7.60. The maximum absolute atomic E-state index is 15.1. The minimum Gasteiger partial charge on any atom is -0.346 e. The summed E-state index contributed by atoms with van der Waals surface area (Å²) >= 11 is 0. The van der Waals surface area contributed by atoms with Crippen LogP contribution in [0.5, 0.6) is 0 Å². The quantitative estimate of drug-likeness (QED) is 0.605. The summed E-state index contributed by atoms with van der Waals surface area (Å²) in [5.74, 6) is 0.419. The molecule has 4 rings (SSSR count). The summed E-state index contributed by atoms with van der Waals surface area (Å²) in [7, 11) is 0. The monoisotopic (exact) mass is 380 g/mol. The Morgan fingerprint density at radius 1 is 1.36 bits per heavy atom. The first-order valence-corrected chi connectivity index (χ1v) is 10.1. The number of halogens is 1. The highest BCUT2D eigenvalue weighted by Gasteiger charge is 2.30. The molecule has 1 saturated carbocycles. The van der Waals surface area contributed by atoms with E-state index in [2.05, 4.69) is 26.1 Å². The van der Waals surface area contributed by atoms with Crippen LogP contribution in [0.3, 0.4) is 0 Å². The highest BCUT2D eigenvalue weighted by atomic mass is 19.1. The third kappa shape index (κ3) is 3.39. The van der Waals surface area contributed by atoms with Crippen molar-refractivity contribution in [3.05, 3.63) is 30.5 Å². The summed E-state index contributed by atoms with van der Waals surface area (Å²) < 4.78 is 16.9. The Morgan fingerprint density at radius 3 is 2.93 bits per heavy atom. The van der Waals surface area contributed by atoms with Crippen molar-refractivity contribution in [2.24, 2.45) is 5.92 Å². The number of rotatable bonds is 7. The highest BCUT2D eigenvalue weighted by molar-refractivity contribution is 5.90. The van der Waals surface area contributed by atoms with Gasteiger partial charge in [0, 0.05) is 23.3 Å². The van der Waals surface area contributed by atoms with Crippen molar-refractivity contribution in [1.82, 2.24) is 24.7 Å². The molecule has 3 aromatic rings. The van der Waals surface area contributed by atoms with Gasteiger partial charge in [-0.3, -0.25) is 4.68 Å². The molecule has 1 aliphatic carbocycles. The van der Waals surface area contributed by atoms with Crippen molar-refractivity contribution < 1.29 is 4.39 Å². The first-order valence-electron chi connectivity index (χ1n) is 10.1. The maximum atomic E-state index is 15.1. The van der Waals surface area contributed by atoms with Gasteiger partial charge in [0.15, 0.2) is 0 Å². The molecule has 3 heterocycles. The molecule has 0 spiro atoms. The lowest BCUT2D eigenvalue weighted by molar-refractivity contribution is 0.290. The number of aromatic nitrogens is 5. The first kappa shape index (κ1) is 18.6. The van der Waals surface area contributed by atoms with E-state index in [-0.39, 0.29) is 6.04 Å². The van der Waals surface area contributed by atoms with E-state index >= 15 is 4.39 Å². The van der Waals surface area contributed by atoms with E-state index in [1.807, 2.05) is 30.1 Å². The molecule has 0 bridgehead atoms. The van der Waals surface area contributed by atoms with Gasteiger partial charge in [0.25, 0.3) is 0 Å².